The molecule has 0 aromatic carbocycles. The third kappa shape index (κ3) is 1.72. The van der Waals surface area contributed by atoms with Crippen LogP contribution >= 0.6 is 0 Å². The molecule has 0 saturated heterocycles. The highest BCUT2D eigenvalue weighted by atomic mass is 19.2. The number of halogens is 3. The lowest BCUT2D eigenvalue weighted by atomic mass is 9.94. The molecular weight excluding hydrogens is 189 g/mol. The first-order valence-electron chi connectivity index (χ1n) is 3.24. The van der Waals surface area contributed by atoms with Gasteiger partial charge in [-0.1, -0.05) is 0 Å². The predicted octanol–water partition coefficient (Wildman–Crippen LogP) is 1.07. The minimum absolute atomic E-state index is 0.110. The number of allylic oxidation sites excluding steroid dienone is 2. The summed E-state index contributed by atoms with van der Waals surface area (Å²) >= 11 is 0. The maximum Gasteiger partial charge on any atom is 0.316 e. The Labute approximate surface area is 70.8 Å². The molecule has 0 radical (unpaired) electrons. The van der Waals surface area contributed by atoms with Crippen LogP contribution in [0.1, 0.15) is 0 Å². The number of rotatable bonds is 1. The largest absolute Gasteiger partial charge is 0.481 e. The fraction of sp³-hybridized carbons (Fsp3) is 0.286. The van der Waals surface area contributed by atoms with Gasteiger partial charge in [0.05, 0.1) is 0 Å². The maximum absolute atomic E-state index is 12.9. The summed E-state index contributed by atoms with van der Waals surface area (Å²) in [6.07, 6.45) is 0.0682. The van der Waals surface area contributed by atoms with Crippen LogP contribution in [-0.2, 0) is 4.79 Å². The summed E-state index contributed by atoms with van der Waals surface area (Å²) in [5.74, 6) is -10.4. The van der Waals surface area contributed by atoms with E-state index in [1.165, 1.54) is 0 Å². The molecule has 2 atom stereocenters. The van der Waals surface area contributed by atoms with E-state index in [1.807, 2.05) is 0 Å². The highest BCUT2D eigenvalue weighted by Crippen LogP contribution is 2.33. The molecule has 0 saturated carbocycles. The summed E-state index contributed by atoms with van der Waals surface area (Å²) in [5, 5.41) is 17.0. The Morgan fingerprint density at radius 3 is 2.46 bits per heavy atom. The second kappa shape index (κ2) is 2.88. The molecule has 0 fully saturated rings. The van der Waals surface area contributed by atoms with Gasteiger partial charge in [-0.2, -0.15) is 0 Å². The molecule has 0 aliphatic heterocycles. The van der Waals surface area contributed by atoms with Crippen molar-refractivity contribution in [1.29, 1.82) is 0 Å². The number of hydrogen-bond acceptors (Lipinski definition) is 2. The van der Waals surface area contributed by atoms with Gasteiger partial charge in [-0.3, -0.25) is 4.79 Å². The van der Waals surface area contributed by atoms with Gasteiger partial charge in [-0.05, 0) is 6.08 Å². The summed E-state index contributed by atoms with van der Waals surface area (Å²) < 4.78 is 37.6. The van der Waals surface area contributed by atoms with Crippen molar-refractivity contribution in [2.24, 2.45) is 5.92 Å². The molecule has 0 heterocycles. The summed E-state index contributed by atoms with van der Waals surface area (Å²) in [4.78, 5) is 10.3. The van der Waals surface area contributed by atoms with Gasteiger partial charge in [0.2, 0.25) is 5.85 Å². The first-order chi connectivity index (χ1) is 5.84. The fourth-order valence-corrected chi connectivity index (χ4v) is 0.924. The van der Waals surface area contributed by atoms with E-state index in [-0.39, 0.29) is 12.2 Å². The molecule has 0 bridgehead atoms. The number of aliphatic hydroxyl groups is 1. The summed E-state index contributed by atoms with van der Waals surface area (Å²) in [6.45, 7) is 0. The molecule has 13 heavy (non-hydrogen) atoms. The van der Waals surface area contributed by atoms with Crippen molar-refractivity contribution in [3.05, 3.63) is 23.8 Å². The van der Waals surface area contributed by atoms with Crippen molar-refractivity contribution in [2.45, 2.75) is 5.85 Å². The molecule has 72 valence electrons. The van der Waals surface area contributed by atoms with Crippen molar-refractivity contribution >= 4 is 5.97 Å². The lowest BCUT2D eigenvalue weighted by molar-refractivity contribution is -0.156. The van der Waals surface area contributed by atoms with E-state index in [4.69, 9.17) is 10.2 Å². The standard InChI is InChI=1S/C7H5F3O3/c8-4-1-3(6(11)12)7(10,13)2-5(4)9/h1-3,13H,(H,11,12). The molecular formula is C7H5F3O3. The Bertz CT molecular complexity index is 306. The number of hydrogen-bond donors (Lipinski definition) is 2. The maximum atomic E-state index is 12.9. The topological polar surface area (TPSA) is 57.5 Å². The van der Waals surface area contributed by atoms with Gasteiger partial charge in [-0.25, -0.2) is 13.2 Å². The lowest BCUT2D eigenvalue weighted by Crippen LogP contribution is -2.37. The summed E-state index contributed by atoms with van der Waals surface area (Å²) in [6, 6.07) is 0. The van der Waals surface area contributed by atoms with Crippen LogP contribution in [0.3, 0.4) is 0 Å². The monoisotopic (exact) mass is 194 g/mol. The molecule has 0 spiro atoms. The predicted molar refractivity (Wildman–Crippen MR) is 35.6 cm³/mol. The number of alkyl halides is 1. The van der Waals surface area contributed by atoms with Crippen LogP contribution in [0.2, 0.25) is 0 Å². The smallest absolute Gasteiger partial charge is 0.316 e. The van der Waals surface area contributed by atoms with Gasteiger partial charge >= 0.3 is 5.97 Å². The molecule has 2 unspecified atom stereocenters. The van der Waals surface area contributed by atoms with Crippen molar-refractivity contribution in [3.8, 4) is 0 Å². The lowest BCUT2D eigenvalue weighted by Gasteiger charge is -2.23. The van der Waals surface area contributed by atoms with Crippen molar-refractivity contribution in [3.63, 3.8) is 0 Å². The Kier molecular flexibility index (Phi) is 2.17. The highest BCUT2D eigenvalue weighted by molar-refractivity contribution is 5.75. The van der Waals surface area contributed by atoms with Crippen LogP contribution < -0.4 is 0 Å². The number of carbonyl (C=O) groups is 1. The second-order valence-electron chi connectivity index (χ2n) is 2.55. The fourth-order valence-electron chi connectivity index (χ4n) is 0.924. The zero-order chi connectivity index (χ0) is 10.2. The second-order valence-corrected chi connectivity index (χ2v) is 2.55. The zero-order valence-electron chi connectivity index (χ0n) is 6.17. The van der Waals surface area contributed by atoms with E-state index in [0.29, 0.717) is 0 Å². The zero-order valence-corrected chi connectivity index (χ0v) is 6.17. The van der Waals surface area contributed by atoms with Crippen LogP contribution in [-0.4, -0.2) is 22.0 Å². The normalized spacial score (nSPS) is 33.7. The Morgan fingerprint density at radius 1 is 1.46 bits per heavy atom. The van der Waals surface area contributed by atoms with Gasteiger partial charge in [-0.15, -0.1) is 0 Å². The van der Waals surface area contributed by atoms with Crippen LogP contribution in [0.4, 0.5) is 13.2 Å². The van der Waals surface area contributed by atoms with Crippen LogP contribution in [0.25, 0.3) is 0 Å². The quantitative estimate of drug-likeness (QED) is 0.656. The van der Waals surface area contributed by atoms with Crippen molar-refractivity contribution in [1.82, 2.24) is 0 Å². The highest BCUT2D eigenvalue weighted by Gasteiger charge is 2.43. The van der Waals surface area contributed by atoms with E-state index >= 15 is 0 Å². The van der Waals surface area contributed by atoms with Crippen LogP contribution in [0, 0.1) is 5.92 Å². The van der Waals surface area contributed by atoms with Gasteiger partial charge in [0.15, 0.2) is 11.7 Å². The van der Waals surface area contributed by atoms with E-state index in [9.17, 15) is 18.0 Å². The summed E-state index contributed by atoms with van der Waals surface area (Å²) in [7, 11) is 0. The third-order valence-electron chi connectivity index (χ3n) is 1.57. The first kappa shape index (κ1) is 9.79. The Hall–Kier alpha value is -1.30. The minimum atomic E-state index is -3.38. The van der Waals surface area contributed by atoms with Gasteiger partial charge in [0.1, 0.15) is 5.92 Å². The van der Waals surface area contributed by atoms with Crippen molar-refractivity contribution in [2.75, 3.05) is 0 Å². The minimum Gasteiger partial charge on any atom is -0.481 e. The van der Waals surface area contributed by atoms with E-state index in [0.717, 1.165) is 0 Å². The molecule has 0 aromatic rings. The molecule has 0 aromatic heterocycles. The molecule has 3 nitrogen and oxygen atoms in total. The van der Waals surface area contributed by atoms with E-state index < -0.39 is 29.4 Å². The van der Waals surface area contributed by atoms with Crippen LogP contribution in [0.5, 0.6) is 0 Å². The Balaban J connectivity index is 3.09. The molecule has 2 N–H and O–H groups in total. The van der Waals surface area contributed by atoms with Gasteiger partial charge < -0.3 is 10.2 Å². The average molecular weight is 194 g/mol. The number of aliphatic carboxylic acids is 1. The average Bonchev–Trinajstić information content (AvgIpc) is 1.95. The number of carboxylic acid groups (broad SMARTS) is 1. The van der Waals surface area contributed by atoms with E-state index in [2.05, 4.69) is 0 Å². The molecule has 1 aliphatic rings. The molecule has 0 amide bonds. The van der Waals surface area contributed by atoms with Crippen molar-refractivity contribution < 1.29 is 28.2 Å². The van der Waals surface area contributed by atoms with E-state index in [1.54, 1.807) is 0 Å². The van der Waals surface area contributed by atoms with Gasteiger partial charge in [0.25, 0.3) is 0 Å². The summed E-state index contributed by atoms with van der Waals surface area (Å²) in [5.41, 5.74) is 0. The molecule has 1 aliphatic carbocycles. The third-order valence-corrected chi connectivity index (χ3v) is 1.57. The number of carboxylic acids is 1. The molecule has 6 heteroatoms. The van der Waals surface area contributed by atoms with Gasteiger partial charge in [0, 0.05) is 6.08 Å². The first-order valence-corrected chi connectivity index (χ1v) is 3.24. The molecule has 1 rings (SSSR count). The van der Waals surface area contributed by atoms with Crippen LogP contribution in [0.15, 0.2) is 23.8 Å². The SMILES string of the molecule is O=C(O)C1C=C(F)C(F)=CC1(O)F. The Morgan fingerprint density at radius 2 is 2.00 bits per heavy atom.